The lowest BCUT2D eigenvalue weighted by Gasteiger charge is -2.28. The van der Waals surface area contributed by atoms with Gasteiger partial charge in [-0.3, -0.25) is 4.98 Å². The van der Waals surface area contributed by atoms with Gasteiger partial charge >= 0.3 is 0 Å². The number of nitrogens with two attached hydrogens (primary N) is 1. The Morgan fingerprint density at radius 3 is 2.50 bits per heavy atom. The largest absolute Gasteiger partial charge is 0.383 e. The number of amidine groups is 1. The van der Waals surface area contributed by atoms with Gasteiger partial charge < -0.3 is 5.73 Å². The third kappa shape index (κ3) is 1.69. The van der Waals surface area contributed by atoms with Crippen LogP contribution in [0.25, 0.3) is 0 Å². The predicted octanol–water partition coefficient (Wildman–Crippen LogP) is 2.89. The van der Waals surface area contributed by atoms with Crippen LogP contribution in [0.1, 0.15) is 22.3 Å². The minimum atomic E-state index is -0.624. The van der Waals surface area contributed by atoms with E-state index >= 15 is 0 Å². The van der Waals surface area contributed by atoms with E-state index in [0.717, 1.165) is 22.3 Å². The molecule has 1 aliphatic heterocycles. The molecule has 0 fully saturated rings. The van der Waals surface area contributed by atoms with Crippen LogP contribution in [0.2, 0.25) is 0 Å². The molecule has 0 bridgehead atoms. The predicted molar refractivity (Wildman–Crippen MR) is 86.6 cm³/mol. The summed E-state index contributed by atoms with van der Waals surface area (Å²) in [4.78, 5) is 9.00. The molecule has 0 saturated carbocycles. The van der Waals surface area contributed by atoms with Crippen molar-refractivity contribution in [3.8, 4) is 0 Å². The molecule has 0 spiro atoms. The second-order valence-electron chi connectivity index (χ2n) is 5.28. The maximum Gasteiger partial charge on any atom is 0.139 e. The molecule has 1 unspecified atom stereocenters. The first-order chi connectivity index (χ1) is 10.8. The molecule has 4 rings (SSSR count). The van der Waals surface area contributed by atoms with E-state index in [9.17, 15) is 0 Å². The van der Waals surface area contributed by atoms with Gasteiger partial charge in [-0.2, -0.15) is 0 Å². The van der Waals surface area contributed by atoms with Crippen LogP contribution in [0.15, 0.2) is 78.0 Å². The lowest BCUT2D eigenvalue weighted by Crippen LogP contribution is -2.25. The summed E-state index contributed by atoms with van der Waals surface area (Å²) in [5.41, 5.74) is 9.78. The van der Waals surface area contributed by atoms with Gasteiger partial charge in [-0.1, -0.05) is 42.5 Å². The molecule has 2 aromatic carbocycles. The Balaban J connectivity index is 2.09. The van der Waals surface area contributed by atoms with Gasteiger partial charge in [0.2, 0.25) is 0 Å². The van der Waals surface area contributed by atoms with Gasteiger partial charge in [-0.15, -0.1) is 0 Å². The fourth-order valence-electron chi connectivity index (χ4n) is 3.14. The number of benzene rings is 2. The summed E-state index contributed by atoms with van der Waals surface area (Å²) in [6.07, 6.45) is 3.58. The van der Waals surface area contributed by atoms with E-state index < -0.39 is 5.54 Å². The summed E-state index contributed by atoms with van der Waals surface area (Å²) in [7, 11) is 0. The van der Waals surface area contributed by atoms with Gasteiger partial charge in [0.25, 0.3) is 0 Å². The number of pyridine rings is 1. The first-order valence-electron chi connectivity index (χ1n) is 7.15. The summed E-state index contributed by atoms with van der Waals surface area (Å²) >= 11 is 0. The topological polar surface area (TPSA) is 51.3 Å². The average molecular weight is 284 g/mol. The zero-order chi connectivity index (χ0) is 15.0. The van der Waals surface area contributed by atoms with Crippen molar-refractivity contribution in [3.63, 3.8) is 0 Å². The van der Waals surface area contributed by atoms with E-state index in [1.54, 1.807) is 12.4 Å². The molecule has 0 saturated heterocycles. The zero-order valence-corrected chi connectivity index (χ0v) is 11.9. The highest BCUT2D eigenvalue weighted by Crippen LogP contribution is 2.45. The second-order valence-corrected chi connectivity index (χ2v) is 5.28. The van der Waals surface area contributed by atoms with E-state index in [1.165, 1.54) is 0 Å². The van der Waals surface area contributed by atoms with Gasteiger partial charge in [-0.05, 0) is 41.0 Å². The van der Waals surface area contributed by atoms with Crippen molar-refractivity contribution in [1.29, 1.82) is 0 Å². The molecule has 3 aromatic rings. The summed E-state index contributed by atoms with van der Waals surface area (Å²) < 4.78 is 0. The molecule has 1 atom stereocenters. The van der Waals surface area contributed by atoms with Gasteiger partial charge in [0.05, 0.1) is 0 Å². The number of hydrogen-bond acceptors (Lipinski definition) is 3. The SMILES string of the molecule is NC1=NC(c2c[c]ccc2)(c2ccncc2)c2ccccc21. The molecule has 3 nitrogen and oxygen atoms in total. The fourth-order valence-corrected chi connectivity index (χ4v) is 3.14. The molecule has 105 valence electrons. The Morgan fingerprint density at radius 1 is 0.909 bits per heavy atom. The monoisotopic (exact) mass is 284 g/mol. The quantitative estimate of drug-likeness (QED) is 0.786. The molecule has 2 heterocycles. The molecule has 1 radical (unpaired) electrons. The average Bonchev–Trinajstić information content (AvgIpc) is 2.91. The number of rotatable bonds is 2. The minimum absolute atomic E-state index is 0.566. The number of aliphatic imine (C=N–C) groups is 1. The van der Waals surface area contributed by atoms with E-state index in [-0.39, 0.29) is 0 Å². The van der Waals surface area contributed by atoms with E-state index in [4.69, 9.17) is 10.7 Å². The molecule has 1 aliphatic rings. The fraction of sp³-hybridized carbons (Fsp3) is 0.0526. The normalized spacial score (nSPS) is 19.5. The van der Waals surface area contributed by atoms with Gasteiger partial charge in [0, 0.05) is 18.0 Å². The molecular formula is C19H14N3. The lowest BCUT2D eigenvalue weighted by molar-refractivity contribution is 0.670. The molecular weight excluding hydrogens is 270 g/mol. The summed E-state index contributed by atoms with van der Waals surface area (Å²) in [5, 5.41) is 0. The highest BCUT2D eigenvalue weighted by atomic mass is 15.0. The van der Waals surface area contributed by atoms with Crippen LogP contribution in [0.5, 0.6) is 0 Å². The lowest BCUT2D eigenvalue weighted by atomic mass is 9.78. The van der Waals surface area contributed by atoms with Gasteiger partial charge in [0.15, 0.2) is 0 Å². The van der Waals surface area contributed by atoms with Crippen molar-refractivity contribution in [3.05, 3.63) is 101 Å². The van der Waals surface area contributed by atoms with Crippen LogP contribution < -0.4 is 5.73 Å². The molecule has 1 aromatic heterocycles. The van der Waals surface area contributed by atoms with E-state index in [1.807, 2.05) is 48.5 Å². The molecule has 0 amide bonds. The number of hydrogen-bond donors (Lipinski definition) is 1. The van der Waals surface area contributed by atoms with E-state index in [2.05, 4.69) is 23.2 Å². The second kappa shape index (κ2) is 4.81. The van der Waals surface area contributed by atoms with Gasteiger partial charge in [-0.25, -0.2) is 4.99 Å². The van der Waals surface area contributed by atoms with Crippen molar-refractivity contribution in [2.75, 3.05) is 0 Å². The van der Waals surface area contributed by atoms with Crippen LogP contribution in [0.3, 0.4) is 0 Å². The summed E-state index contributed by atoms with van der Waals surface area (Å²) in [6, 6.07) is 23.2. The smallest absolute Gasteiger partial charge is 0.139 e. The van der Waals surface area contributed by atoms with Crippen LogP contribution in [0, 0.1) is 6.07 Å². The standard InChI is InChI=1S/C19H14N3/c20-18-16-8-4-5-9-17(16)19(22-18,14-6-2-1-3-7-14)15-10-12-21-13-11-15/h1-2,4-13H,(H2,20,22). The number of nitrogens with zero attached hydrogens (tertiary/aromatic N) is 2. The van der Waals surface area contributed by atoms with Crippen molar-refractivity contribution in [2.24, 2.45) is 10.7 Å². The molecule has 3 heteroatoms. The highest BCUT2D eigenvalue weighted by molar-refractivity contribution is 6.03. The van der Waals surface area contributed by atoms with Crippen LogP contribution in [-0.4, -0.2) is 10.8 Å². The third-order valence-electron chi connectivity index (χ3n) is 4.10. The Labute approximate surface area is 129 Å². The molecule has 0 aliphatic carbocycles. The number of fused-ring (bicyclic) bond motifs is 1. The first kappa shape index (κ1) is 12.8. The molecule has 22 heavy (non-hydrogen) atoms. The summed E-state index contributed by atoms with van der Waals surface area (Å²) in [6.45, 7) is 0. The third-order valence-corrected chi connectivity index (χ3v) is 4.10. The van der Waals surface area contributed by atoms with Crippen LogP contribution >= 0.6 is 0 Å². The molecule has 2 N–H and O–H groups in total. The first-order valence-corrected chi connectivity index (χ1v) is 7.15. The maximum absolute atomic E-state index is 6.22. The summed E-state index contributed by atoms with van der Waals surface area (Å²) in [5.74, 6) is 0.566. The van der Waals surface area contributed by atoms with Crippen molar-refractivity contribution >= 4 is 5.84 Å². The van der Waals surface area contributed by atoms with Crippen molar-refractivity contribution in [1.82, 2.24) is 4.98 Å². The Bertz CT molecular complexity index is 799. The minimum Gasteiger partial charge on any atom is -0.383 e. The van der Waals surface area contributed by atoms with Crippen molar-refractivity contribution < 1.29 is 0 Å². The van der Waals surface area contributed by atoms with Crippen LogP contribution in [0.4, 0.5) is 0 Å². The Morgan fingerprint density at radius 2 is 1.73 bits per heavy atom. The Kier molecular flexibility index (Phi) is 2.79. The zero-order valence-electron chi connectivity index (χ0n) is 11.9. The number of aromatic nitrogens is 1. The van der Waals surface area contributed by atoms with Crippen LogP contribution in [-0.2, 0) is 5.54 Å². The maximum atomic E-state index is 6.22. The Hall–Kier alpha value is -2.94. The van der Waals surface area contributed by atoms with Gasteiger partial charge in [0.1, 0.15) is 11.4 Å². The highest BCUT2D eigenvalue weighted by Gasteiger charge is 2.42. The van der Waals surface area contributed by atoms with E-state index in [0.29, 0.717) is 5.84 Å². The van der Waals surface area contributed by atoms with Crippen molar-refractivity contribution in [2.45, 2.75) is 5.54 Å².